The number of hydrogen-bond donors (Lipinski definition) is 0. The predicted molar refractivity (Wildman–Crippen MR) is 79.1 cm³/mol. The third-order valence-corrected chi connectivity index (χ3v) is 3.94. The van der Waals surface area contributed by atoms with Gasteiger partial charge in [-0.15, -0.1) is 0 Å². The van der Waals surface area contributed by atoms with Crippen LogP contribution in [0.25, 0.3) is 11.6 Å². The fourth-order valence-corrected chi connectivity index (χ4v) is 2.75. The number of aromatic nitrogens is 3. The molecular formula is C14H19ClN4O2. The molecule has 0 aromatic carbocycles. The number of nitrogens with zero attached hydrogens (tertiary/aromatic N) is 4. The zero-order valence-corrected chi connectivity index (χ0v) is 12.8. The summed E-state index contributed by atoms with van der Waals surface area (Å²) in [6.45, 7) is 7.11. The summed E-state index contributed by atoms with van der Waals surface area (Å²) >= 11 is 6.53. The number of halogens is 1. The maximum absolute atomic E-state index is 6.53. The van der Waals surface area contributed by atoms with Crippen LogP contribution in [0.15, 0.2) is 16.9 Å². The van der Waals surface area contributed by atoms with Gasteiger partial charge >= 0.3 is 0 Å². The van der Waals surface area contributed by atoms with Gasteiger partial charge in [-0.05, 0) is 6.42 Å². The molecule has 0 bridgehead atoms. The van der Waals surface area contributed by atoms with E-state index in [0.29, 0.717) is 16.6 Å². The van der Waals surface area contributed by atoms with E-state index in [1.807, 2.05) is 4.68 Å². The first-order chi connectivity index (χ1) is 10.3. The van der Waals surface area contributed by atoms with Gasteiger partial charge in [0, 0.05) is 26.2 Å². The summed E-state index contributed by atoms with van der Waals surface area (Å²) in [6, 6.07) is 0. The fraction of sp³-hybridized carbons (Fsp3) is 0.571. The lowest BCUT2D eigenvalue weighted by Crippen LogP contribution is -2.36. The topological polar surface area (TPSA) is 56.3 Å². The van der Waals surface area contributed by atoms with Crippen LogP contribution in [0.1, 0.15) is 19.0 Å². The second-order valence-electron chi connectivity index (χ2n) is 5.06. The summed E-state index contributed by atoms with van der Waals surface area (Å²) < 4.78 is 12.7. The van der Waals surface area contributed by atoms with Gasteiger partial charge in [0.25, 0.3) is 0 Å². The summed E-state index contributed by atoms with van der Waals surface area (Å²) in [5.41, 5.74) is 1.65. The lowest BCUT2D eigenvalue weighted by atomic mass is 10.3. The first-order valence-electron chi connectivity index (χ1n) is 7.24. The maximum atomic E-state index is 6.53. The third kappa shape index (κ3) is 3.12. The van der Waals surface area contributed by atoms with Crippen LogP contribution in [-0.4, -0.2) is 46.0 Å². The van der Waals surface area contributed by atoms with Crippen molar-refractivity contribution in [2.24, 2.45) is 0 Å². The molecule has 6 nitrogen and oxygen atoms in total. The molecule has 0 aliphatic carbocycles. The number of morpholine rings is 1. The molecular weight excluding hydrogens is 292 g/mol. The van der Waals surface area contributed by atoms with E-state index in [9.17, 15) is 0 Å². The van der Waals surface area contributed by atoms with Crippen molar-refractivity contribution in [2.75, 3.05) is 26.3 Å². The molecule has 0 N–H and O–H groups in total. The lowest BCUT2D eigenvalue weighted by Gasteiger charge is -2.26. The van der Waals surface area contributed by atoms with E-state index in [2.05, 4.69) is 21.9 Å². The second kappa shape index (κ2) is 6.60. The highest BCUT2D eigenvalue weighted by Gasteiger charge is 2.22. The monoisotopic (exact) mass is 310 g/mol. The zero-order chi connectivity index (χ0) is 14.7. The van der Waals surface area contributed by atoms with Gasteiger partial charge in [0.15, 0.2) is 5.69 Å². The summed E-state index contributed by atoms with van der Waals surface area (Å²) in [7, 11) is 0. The van der Waals surface area contributed by atoms with Crippen LogP contribution < -0.4 is 0 Å². The van der Waals surface area contributed by atoms with Gasteiger partial charge in [-0.25, -0.2) is 4.98 Å². The highest BCUT2D eigenvalue weighted by atomic mass is 35.5. The van der Waals surface area contributed by atoms with Gasteiger partial charge in [0.2, 0.25) is 5.89 Å². The molecule has 2 aromatic heterocycles. The van der Waals surface area contributed by atoms with Crippen molar-refractivity contribution in [3.05, 3.63) is 23.2 Å². The van der Waals surface area contributed by atoms with Crippen molar-refractivity contribution in [1.82, 2.24) is 19.7 Å². The van der Waals surface area contributed by atoms with Gasteiger partial charge < -0.3 is 9.15 Å². The van der Waals surface area contributed by atoms with E-state index in [4.69, 9.17) is 20.8 Å². The largest absolute Gasteiger partial charge is 0.443 e. The Kier molecular flexibility index (Phi) is 4.57. The number of oxazole rings is 1. The molecule has 1 fully saturated rings. The summed E-state index contributed by atoms with van der Waals surface area (Å²) in [6.07, 6.45) is 4.14. The first kappa shape index (κ1) is 14.6. The molecule has 21 heavy (non-hydrogen) atoms. The Labute approximate surface area is 128 Å². The van der Waals surface area contributed by atoms with Crippen LogP contribution in [0, 0.1) is 0 Å². The minimum absolute atomic E-state index is 0.470. The molecule has 0 radical (unpaired) electrons. The molecule has 1 aliphatic rings. The summed E-state index contributed by atoms with van der Waals surface area (Å²) in [4.78, 5) is 6.48. The van der Waals surface area contributed by atoms with Crippen LogP contribution in [0.2, 0.25) is 5.02 Å². The van der Waals surface area contributed by atoms with Crippen LogP contribution in [-0.2, 0) is 17.8 Å². The highest BCUT2D eigenvalue weighted by Crippen LogP contribution is 2.30. The molecule has 7 heteroatoms. The molecule has 114 valence electrons. The number of hydrogen-bond acceptors (Lipinski definition) is 5. The third-order valence-electron chi connectivity index (χ3n) is 3.54. The van der Waals surface area contributed by atoms with Crippen molar-refractivity contribution < 1.29 is 9.15 Å². The van der Waals surface area contributed by atoms with Crippen LogP contribution >= 0.6 is 11.6 Å². The normalized spacial score (nSPS) is 16.5. The smallest absolute Gasteiger partial charge is 0.248 e. The molecule has 1 aliphatic heterocycles. The Morgan fingerprint density at radius 2 is 2.14 bits per heavy atom. The first-order valence-corrected chi connectivity index (χ1v) is 7.62. The zero-order valence-electron chi connectivity index (χ0n) is 12.1. The van der Waals surface area contributed by atoms with E-state index < -0.39 is 0 Å². The molecule has 0 atom stereocenters. The minimum Gasteiger partial charge on any atom is -0.443 e. The summed E-state index contributed by atoms with van der Waals surface area (Å²) in [5, 5.41) is 5.21. The predicted octanol–water partition coefficient (Wildman–Crippen LogP) is 2.43. The van der Waals surface area contributed by atoms with Gasteiger partial charge in [-0.1, -0.05) is 18.5 Å². The second-order valence-corrected chi connectivity index (χ2v) is 5.44. The van der Waals surface area contributed by atoms with E-state index in [0.717, 1.165) is 51.5 Å². The van der Waals surface area contributed by atoms with Gasteiger partial charge in [-0.3, -0.25) is 9.58 Å². The van der Waals surface area contributed by atoms with E-state index in [1.165, 1.54) is 6.26 Å². The minimum atomic E-state index is 0.470. The Morgan fingerprint density at radius 3 is 2.81 bits per heavy atom. The Balaban J connectivity index is 1.89. The molecule has 0 saturated carbocycles. The molecule has 3 rings (SSSR count). The molecule has 3 heterocycles. The van der Waals surface area contributed by atoms with Crippen molar-refractivity contribution >= 4 is 11.6 Å². The van der Waals surface area contributed by atoms with Crippen LogP contribution in [0.3, 0.4) is 0 Å². The highest BCUT2D eigenvalue weighted by molar-refractivity contribution is 6.33. The van der Waals surface area contributed by atoms with Crippen molar-refractivity contribution in [3.8, 4) is 11.6 Å². The standard InChI is InChI=1S/C14H19ClN4O2/c1-2-4-19-11(10-18-5-8-20-9-6-18)12(15)13(17-19)14-16-3-7-21-14/h3,7H,2,4-6,8-10H2,1H3. The maximum Gasteiger partial charge on any atom is 0.248 e. The SMILES string of the molecule is CCCn1nc(-c2ncco2)c(Cl)c1CN1CCOCC1. The fourth-order valence-electron chi connectivity index (χ4n) is 2.47. The number of aryl methyl sites for hydroxylation is 1. The summed E-state index contributed by atoms with van der Waals surface area (Å²) in [5.74, 6) is 0.470. The molecule has 0 amide bonds. The van der Waals surface area contributed by atoms with Crippen molar-refractivity contribution in [1.29, 1.82) is 0 Å². The number of ether oxygens (including phenoxy) is 1. The van der Waals surface area contributed by atoms with Gasteiger partial charge in [0.05, 0.1) is 30.1 Å². The number of rotatable bonds is 5. The average molecular weight is 311 g/mol. The van der Waals surface area contributed by atoms with Crippen LogP contribution in [0.5, 0.6) is 0 Å². The van der Waals surface area contributed by atoms with E-state index >= 15 is 0 Å². The van der Waals surface area contributed by atoms with Crippen LogP contribution in [0.4, 0.5) is 0 Å². The van der Waals surface area contributed by atoms with Gasteiger partial charge in [-0.2, -0.15) is 5.10 Å². The Bertz CT molecular complexity index is 576. The molecule has 1 saturated heterocycles. The molecule has 2 aromatic rings. The van der Waals surface area contributed by atoms with Crippen molar-refractivity contribution in [2.45, 2.75) is 26.4 Å². The Morgan fingerprint density at radius 1 is 1.33 bits per heavy atom. The molecule has 0 unspecified atom stereocenters. The molecule has 0 spiro atoms. The van der Waals surface area contributed by atoms with E-state index in [1.54, 1.807) is 6.20 Å². The average Bonchev–Trinajstić information content (AvgIpc) is 3.12. The van der Waals surface area contributed by atoms with E-state index in [-0.39, 0.29) is 0 Å². The van der Waals surface area contributed by atoms with Crippen molar-refractivity contribution in [3.63, 3.8) is 0 Å². The quantitative estimate of drug-likeness (QED) is 0.849. The lowest BCUT2D eigenvalue weighted by molar-refractivity contribution is 0.0330. The van der Waals surface area contributed by atoms with Gasteiger partial charge in [0.1, 0.15) is 6.26 Å². The Hall–Kier alpha value is -1.37.